The molecule has 0 aromatic carbocycles. The van der Waals surface area contributed by atoms with Gasteiger partial charge < -0.3 is 14.2 Å². The smallest absolute Gasteiger partial charge is 0.186 e. The molecule has 6 heteroatoms. The van der Waals surface area contributed by atoms with Gasteiger partial charge >= 0.3 is 0 Å². The molecule has 0 fully saturated rings. The number of nitrogens with zero attached hydrogens (tertiary/aromatic N) is 3. The van der Waals surface area contributed by atoms with E-state index in [1.807, 2.05) is 32.9 Å². The monoisotopic (exact) mass is 331 g/mol. The number of aromatic nitrogens is 1. The van der Waals surface area contributed by atoms with Crippen molar-refractivity contribution in [3.8, 4) is 6.07 Å². The van der Waals surface area contributed by atoms with Crippen LogP contribution in [0.5, 0.6) is 0 Å². The summed E-state index contributed by atoms with van der Waals surface area (Å²) in [5, 5.41) is 8.75. The maximum atomic E-state index is 8.75. The van der Waals surface area contributed by atoms with Gasteiger partial charge in [0.15, 0.2) is 6.29 Å². The zero-order valence-electron chi connectivity index (χ0n) is 14.9. The first-order valence-electron chi connectivity index (χ1n) is 7.56. The Labute approximate surface area is 144 Å². The van der Waals surface area contributed by atoms with E-state index in [-0.39, 0.29) is 6.61 Å². The van der Waals surface area contributed by atoms with Crippen LogP contribution in [0.3, 0.4) is 0 Å². The predicted molar refractivity (Wildman–Crippen MR) is 94.3 cm³/mol. The van der Waals surface area contributed by atoms with E-state index in [4.69, 9.17) is 19.5 Å². The van der Waals surface area contributed by atoms with Gasteiger partial charge in [0, 0.05) is 26.0 Å². The van der Waals surface area contributed by atoms with Gasteiger partial charge in [-0.3, -0.25) is 9.98 Å². The normalized spacial score (nSPS) is 11.4. The molecule has 1 aromatic rings. The van der Waals surface area contributed by atoms with Crippen LogP contribution in [0, 0.1) is 11.3 Å². The summed E-state index contributed by atoms with van der Waals surface area (Å²) in [4.78, 5) is 7.89. The van der Waals surface area contributed by atoms with E-state index >= 15 is 0 Å². The molecular formula is C18H25N3O3. The van der Waals surface area contributed by atoms with Crippen molar-refractivity contribution in [1.82, 2.24) is 4.98 Å². The Kier molecular flexibility index (Phi) is 11.6. The molecule has 130 valence electrons. The Morgan fingerprint density at radius 1 is 1.38 bits per heavy atom. The summed E-state index contributed by atoms with van der Waals surface area (Å²) in [6, 6.07) is 5.43. The Morgan fingerprint density at radius 2 is 2.04 bits per heavy atom. The number of methoxy groups -OCH3 is 2. The number of hydrogen-bond donors (Lipinski definition) is 0. The molecule has 0 saturated carbocycles. The summed E-state index contributed by atoms with van der Waals surface area (Å²) in [6.07, 6.45) is 4.24. The highest BCUT2D eigenvalue weighted by Crippen LogP contribution is 2.20. The molecule has 0 bridgehead atoms. The van der Waals surface area contributed by atoms with E-state index in [9.17, 15) is 0 Å². The van der Waals surface area contributed by atoms with Crippen LogP contribution >= 0.6 is 0 Å². The first-order valence-corrected chi connectivity index (χ1v) is 7.56. The molecule has 0 unspecified atom stereocenters. The zero-order valence-corrected chi connectivity index (χ0v) is 14.9. The van der Waals surface area contributed by atoms with E-state index in [0.717, 1.165) is 0 Å². The lowest BCUT2D eigenvalue weighted by Gasteiger charge is -2.19. The summed E-state index contributed by atoms with van der Waals surface area (Å²) in [5.41, 5.74) is 1.89. The van der Waals surface area contributed by atoms with E-state index in [1.54, 1.807) is 26.4 Å². The highest BCUT2D eigenvalue weighted by Gasteiger charge is 2.18. The summed E-state index contributed by atoms with van der Waals surface area (Å²) in [6.45, 7) is 9.51. The fourth-order valence-electron chi connectivity index (χ4n) is 1.75. The molecule has 0 aliphatic heterocycles. The minimum atomic E-state index is -0.563. The quantitative estimate of drug-likeness (QED) is 0.315. The molecule has 0 spiro atoms. The summed E-state index contributed by atoms with van der Waals surface area (Å²) in [5.74, 6) is 0.484. The third kappa shape index (κ3) is 6.73. The van der Waals surface area contributed by atoms with E-state index < -0.39 is 6.29 Å². The van der Waals surface area contributed by atoms with Gasteiger partial charge in [0.25, 0.3) is 0 Å². The van der Waals surface area contributed by atoms with Crippen molar-refractivity contribution in [2.24, 2.45) is 4.99 Å². The second kappa shape index (κ2) is 13.0. The molecular weight excluding hydrogens is 306 g/mol. The largest absolute Gasteiger partial charge is 0.485 e. The van der Waals surface area contributed by atoms with Crippen molar-refractivity contribution in [3.05, 3.63) is 53.2 Å². The summed E-state index contributed by atoms with van der Waals surface area (Å²) >= 11 is 0. The van der Waals surface area contributed by atoms with Crippen LogP contribution in [-0.2, 0) is 20.8 Å². The number of ether oxygens (including phenoxy) is 3. The van der Waals surface area contributed by atoms with Gasteiger partial charge in [-0.1, -0.05) is 19.9 Å². The molecule has 1 rings (SSSR count). The zero-order chi connectivity index (χ0) is 18.4. The lowest BCUT2D eigenvalue weighted by molar-refractivity contribution is -0.0772. The van der Waals surface area contributed by atoms with Crippen LogP contribution < -0.4 is 0 Å². The third-order valence-electron chi connectivity index (χ3n) is 2.82. The van der Waals surface area contributed by atoms with Gasteiger partial charge in [-0.2, -0.15) is 5.26 Å². The fourth-order valence-corrected chi connectivity index (χ4v) is 1.75. The maximum Gasteiger partial charge on any atom is 0.186 e. The SMILES string of the molecule is C=N/C=C(OCc1ccc(C#N)cn1)\C(=C/C)C(OC)OC.CC. The molecule has 0 aliphatic rings. The number of rotatable bonds is 8. The number of hydrogen-bond acceptors (Lipinski definition) is 6. The van der Waals surface area contributed by atoms with Gasteiger partial charge in [-0.25, -0.2) is 0 Å². The average Bonchev–Trinajstić information content (AvgIpc) is 2.65. The molecule has 0 radical (unpaired) electrons. The summed E-state index contributed by atoms with van der Waals surface area (Å²) < 4.78 is 16.2. The Morgan fingerprint density at radius 3 is 2.46 bits per heavy atom. The minimum Gasteiger partial charge on any atom is -0.485 e. The highest BCUT2D eigenvalue weighted by atomic mass is 16.7. The molecule has 0 N–H and O–H groups in total. The standard InChI is InChI=1S/C16H19N3O3.C2H6/c1-5-14(16(20-3)21-4)15(10-18-2)22-11-13-7-6-12(8-17)9-19-13;1-2/h5-7,9-10,16H,2,11H2,1,3-4H3;1-2H3/b14-5+,15-10+;. The van der Waals surface area contributed by atoms with Crippen molar-refractivity contribution in [3.63, 3.8) is 0 Å². The molecule has 1 heterocycles. The van der Waals surface area contributed by atoms with Crippen LogP contribution in [-0.4, -0.2) is 32.2 Å². The lowest BCUT2D eigenvalue weighted by atomic mass is 10.2. The average molecular weight is 331 g/mol. The van der Waals surface area contributed by atoms with Gasteiger partial charge in [0.1, 0.15) is 18.4 Å². The Hall–Kier alpha value is -2.49. The molecule has 24 heavy (non-hydrogen) atoms. The van der Waals surface area contributed by atoms with Gasteiger partial charge in [-0.15, -0.1) is 0 Å². The Bertz CT molecular complexity index is 583. The van der Waals surface area contributed by atoms with Crippen molar-refractivity contribution >= 4 is 6.72 Å². The lowest BCUT2D eigenvalue weighted by Crippen LogP contribution is -2.18. The van der Waals surface area contributed by atoms with Crippen LogP contribution in [0.2, 0.25) is 0 Å². The number of aliphatic imine (C=N–C) groups is 1. The molecule has 0 saturated heterocycles. The highest BCUT2D eigenvalue weighted by molar-refractivity contribution is 5.32. The van der Waals surface area contributed by atoms with Crippen LogP contribution in [0.15, 0.2) is 46.9 Å². The number of nitriles is 1. The number of pyridine rings is 1. The fraction of sp³-hybridized carbons (Fsp3) is 0.389. The first-order chi connectivity index (χ1) is 11.7. The van der Waals surface area contributed by atoms with Gasteiger partial charge in [0.05, 0.1) is 17.5 Å². The molecule has 0 aliphatic carbocycles. The molecule has 6 nitrogen and oxygen atoms in total. The Balaban J connectivity index is 0.00000254. The van der Waals surface area contributed by atoms with E-state index in [1.165, 1.54) is 12.4 Å². The topological polar surface area (TPSA) is 76.7 Å². The van der Waals surface area contributed by atoms with E-state index in [0.29, 0.717) is 22.6 Å². The number of allylic oxidation sites excluding steroid dienone is 1. The second-order valence-electron chi connectivity index (χ2n) is 4.16. The van der Waals surface area contributed by atoms with Crippen LogP contribution in [0.1, 0.15) is 32.0 Å². The van der Waals surface area contributed by atoms with Gasteiger partial charge in [0.2, 0.25) is 0 Å². The summed E-state index contributed by atoms with van der Waals surface area (Å²) in [7, 11) is 3.08. The predicted octanol–water partition coefficient (Wildman–Crippen LogP) is 3.60. The first kappa shape index (κ1) is 21.5. The van der Waals surface area contributed by atoms with Crippen molar-refractivity contribution in [1.29, 1.82) is 5.26 Å². The van der Waals surface area contributed by atoms with E-state index in [2.05, 4.69) is 16.7 Å². The van der Waals surface area contributed by atoms with Crippen LogP contribution in [0.25, 0.3) is 0 Å². The van der Waals surface area contributed by atoms with Crippen molar-refractivity contribution in [2.75, 3.05) is 14.2 Å². The second-order valence-corrected chi connectivity index (χ2v) is 4.16. The van der Waals surface area contributed by atoms with Gasteiger partial charge in [-0.05, 0) is 25.8 Å². The van der Waals surface area contributed by atoms with Crippen molar-refractivity contribution in [2.45, 2.75) is 33.7 Å². The molecule has 0 atom stereocenters. The van der Waals surface area contributed by atoms with Crippen LogP contribution in [0.4, 0.5) is 0 Å². The minimum absolute atomic E-state index is 0.227. The molecule has 0 amide bonds. The maximum absolute atomic E-state index is 8.75. The molecule has 1 aromatic heterocycles. The van der Waals surface area contributed by atoms with Crippen molar-refractivity contribution < 1.29 is 14.2 Å². The third-order valence-corrected chi connectivity index (χ3v) is 2.82.